The Hall–Kier alpha value is -5.51. The van der Waals surface area contributed by atoms with E-state index < -0.39 is 11.9 Å². The molecule has 10 nitrogen and oxygen atoms in total. The van der Waals surface area contributed by atoms with Crippen LogP contribution in [0.15, 0.2) is 88.5 Å². The number of aryl methyl sites for hydroxylation is 2. The highest BCUT2D eigenvalue weighted by Gasteiger charge is 2.20. The van der Waals surface area contributed by atoms with Gasteiger partial charge in [0.1, 0.15) is 5.82 Å². The van der Waals surface area contributed by atoms with E-state index in [0.29, 0.717) is 59.6 Å². The van der Waals surface area contributed by atoms with Crippen LogP contribution >= 0.6 is 0 Å². The van der Waals surface area contributed by atoms with Crippen molar-refractivity contribution >= 4 is 35.3 Å². The summed E-state index contributed by atoms with van der Waals surface area (Å²) in [6.07, 6.45) is 4.78. The topological polar surface area (TPSA) is 114 Å². The van der Waals surface area contributed by atoms with Gasteiger partial charge in [0.25, 0.3) is 5.56 Å². The normalized spacial score (nSPS) is 11.2. The molecule has 0 spiro atoms. The maximum Gasteiger partial charge on any atom is 0.343 e. The minimum atomic E-state index is -0.614. The fourth-order valence-electron chi connectivity index (χ4n) is 4.80. The van der Waals surface area contributed by atoms with Gasteiger partial charge in [-0.2, -0.15) is 0 Å². The first kappa shape index (κ1) is 30.0. The van der Waals surface area contributed by atoms with Crippen LogP contribution in [-0.4, -0.2) is 30.6 Å². The summed E-state index contributed by atoms with van der Waals surface area (Å²) >= 11 is 0. The van der Waals surface area contributed by atoms with E-state index in [-0.39, 0.29) is 22.7 Å². The zero-order valence-electron chi connectivity index (χ0n) is 24.7. The second kappa shape index (κ2) is 13.2. The fraction of sp³-hybridized carbons (Fsp3) is 0.206. The molecule has 0 fully saturated rings. The number of imidazole rings is 1. The van der Waals surface area contributed by atoms with E-state index in [1.165, 1.54) is 4.57 Å². The van der Waals surface area contributed by atoms with Gasteiger partial charge >= 0.3 is 17.6 Å². The van der Waals surface area contributed by atoms with E-state index in [2.05, 4.69) is 4.98 Å². The zero-order valence-corrected chi connectivity index (χ0v) is 24.7. The predicted molar refractivity (Wildman–Crippen MR) is 168 cm³/mol. The van der Waals surface area contributed by atoms with Gasteiger partial charge < -0.3 is 14.0 Å². The van der Waals surface area contributed by atoms with Gasteiger partial charge in [-0.1, -0.05) is 62.4 Å². The molecule has 2 heterocycles. The van der Waals surface area contributed by atoms with Crippen LogP contribution in [0.4, 0.5) is 0 Å². The first-order chi connectivity index (χ1) is 21.3. The van der Waals surface area contributed by atoms with Crippen molar-refractivity contribution in [2.75, 3.05) is 0 Å². The lowest BCUT2D eigenvalue weighted by atomic mass is 10.1. The molecule has 0 N–H and O–H groups in total. The third kappa shape index (κ3) is 6.14. The molecule has 0 aliphatic rings. The first-order valence-electron chi connectivity index (χ1n) is 14.4. The number of carbonyl (C=O) groups excluding carboxylic acids is 2. The van der Waals surface area contributed by atoms with E-state index in [0.717, 1.165) is 0 Å². The standard InChI is InChI=1S/C34H32N4O6/c1-4-20-37-30-29(31(39)38(21-5-2)34(37)42)36(3)28(35-30)19-17-23-16-18-26(43-32(40)24-12-8-6-9-13-24)27(22-23)44-33(41)25-14-10-7-11-15-25/h6-19,22H,4-5,20-21H2,1-3H3/b19-17+. The van der Waals surface area contributed by atoms with Crippen LogP contribution in [0.2, 0.25) is 0 Å². The molecule has 10 heteroatoms. The van der Waals surface area contributed by atoms with Gasteiger partial charge in [0, 0.05) is 20.1 Å². The molecule has 5 aromatic rings. The lowest BCUT2D eigenvalue weighted by molar-refractivity contribution is 0.0682. The van der Waals surface area contributed by atoms with E-state index in [9.17, 15) is 19.2 Å². The molecule has 44 heavy (non-hydrogen) atoms. The second-order valence-corrected chi connectivity index (χ2v) is 10.1. The van der Waals surface area contributed by atoms with Gasteiger partial charge in [0.15, 0.2) is 22.7 Å². The number of hydrogen-bond donors (Lipinski definition) is 0. The van der Waals surface area contributed by atoms with Gasteiger partial charge in [-0.15, -0.1) is 0 Å². The van der Waals surface area contributed by atoms with Crippen LogP contribution in [0.5, 0.6) is 11.5 Å². The number of hydrogen-bond acceptors (Lipinski definition) is 7. The average molecular weight is 593 g/mol. The summed E-state index contributed by atoms with van der Waals surface area (Å²) in [5.74, 6) is -0.635. The molecule has 0 saturated heterocycles. The van der Waals surface area contributed by atoms with E-state index in [1.807, 2.05) is 13.8 Å². The largest absolute Gasteiger partial charge is 0.419 e. The molecule has 0 radical (unpaired) electrons. The van der Waals surface area contributed by atoms with Gasteiger partial charge in [-0.05, 0) is 60.9 Å². The molecule has 0 amide bonds. The minimum Gasteiger partial charge on any atom is -0.419 e. The Bertz CT molecular complexity index is 1970. The van der Waals surface area contributed by atoms with Crippen molar-refractivity contribution in [3.8, 4) is 11.5 Å². The highest BCUT2D eigenvalue weighted by atomic mass is 16.6. The number of benzene rings is 3. The summed E-state index contributed by atoms with van der Waals surface area (Å²) in [7, 11) is 1.73. The maximum absolute atomic E-state index is 13.3. The molecule has 224 valence electrons. The fourth-order valence-corrected chi connectivity index (χ4v) is 4.80. The van der Waals surface area contributed by atoms with Gasteiger partial charge in [0.2, 0.25) is 0 Å². The Labute approximate surface area is 253 Å². The smallest absolute Gasteiger partial charge is 0.343 e. The van der Waals surface area contributed by atoms with E-state index >= 15 is 0 Å². The maximum atomic E-state index is 13.3. The highest BCUT2D eigenvalue weighted by Crippen LogP contribution is 2.31. The predicted octanol–water partition coefficient (Wildman–Crippen LogP) is 5.33. The van der Waals surface area contributed by atoms with Crippen LogP contribution < -0.4 is 20.7 Å². The SMILES string of the molecule is CCCn1c(=O)c2c(nc(/C=C/c3ccc(OC(=O)c4ccccc4)c(OC(=O)c4ccccc4)c3)n2C)n(CCC)c1=O. The molecule has 0 aliphatic heterocycles. The third-order valence-corrected chi connectivity index (χ3v) is 6.99. The third-order valence-electron chi connectivity index (χ3n) is 6.99. The molecule has 5 rings (SSSR count). The molecule has 0 atom stereocenters. The molecule has 2 aromatic heterocycles. The number of ether oxygens (including phenoxy) is 2. The van der Waals surface area contributed by atoms with Crippen LogP contribution in [0.1, 0.15) is 58.8 Å². The van der Waals surface area contributed by atoms with Crippen LogP contribution in [-0.2, 0) is 20.1 Å². The zero-order chi connectivity index (χ0) is 31.2. The van der Waals surface area contributed by atoms with Crippen molar-refractivity contribution in [2.24, 2.45) is 7.05 Å². The van der Waals surface area contributed by atoms with Crippen molar-refractivity contribution < 1.29 is 19.1 Å². The summed E-state index contributed by atoms with van der Waals surface area (Å²) in [4.78, 5) is 56.7. The quantitative estimate of drug-likeness (QED) is 0.159. The number of carbonyl (C=O) groups is 2. The number of nitrogens with zero attached hydrogens (tertiary/aromatic N) is 4. The Kier molecular flexibility index (Phi) is 8.99. The van der Waals surface area contributed by atoms with Gasteiger partial charge in [-0.3, -0.25) is 13.9 Å². The minimum absolute atomic E-state index is 0.0505. The Morgan fingerprint density at radius 3 is 1.91 bits per heavy atom. The molecular formula is C34H32N4O6. The van der Waals surface area contributed by atoms with Gasteiger partial charge in [0.05, 0.1) is 11.1 Å². The Morgan fingerprint density at radius 1 is 0.750 bits per heavy atom. The van der Waals surface area contributed by atoms with E-state index in [4.69, 9.17) is 9.47 Å². The number of aromatic nitrogens is 4. The lowest BCUT2D eigenvalue weighted by Crippen LogP contribution is -2.40. The molecule has 3 aromatic carbocycles. The number of esters is 2. The summed E-state index contributed by atoms with van der Waals surface area (Å²) < 4.78 is 15.8. The Morgan fingerprint density at radius 2 is 1.32 bits per heavy atom. The molecule has 0 bridgehead atoms. The molecular weight excluding hydrogens is 560 g/mol. The van der Waals surface area contributed by atoms with Crippen molar-refractivity contribution in [2.45, 2.75) is 39.8 Å². The molecule has 0 unspecified atom stereocenters. The lowest BCUT2D eigenvalue weighted by Gasteiger charge is -2.12. The van der Waals surface area contributed by atoms with Crippen molar-refractivity contribution in [3.05, 3.63) is 122 Å². The van der Waals surface area contributed by atoms with Crippen LogP contribution in [0, 0.1) is 0 Å². The van der Waals surface area contributed by atoms with E-state index in [1.54, 1.807) is 107 Å². The first-order valence-corrected chi connectivity index (χ1v) is 14.4. The summed E-state index contributed by atoms with van der Waals surface area (Å²) in [5.41, 5.74) is 1.21. The Balaban J connectivity index is 1.53. The second-order valence-electron chi connectivity index (χ2n) is 10.1. The molecule has 0 aliphatic carbocycles. The van der Waals surface area contributed by atoms with Gasteiger partial charge in [-0.25, -0.2) is 19.4 Å². The van der Waals surface area contributed by atoms with Crippen molar-refractivity contribution in [3.63, 3.8) is 0 Å². The number of rotatable bonds is 10. The summed E-state index contributed by atoms with van der Waals surface area (Å²) in [6.45, 7) is 4.62. The monoisotopic (exact) mass is 592 g/mol. The molecule has 0 saturated carbocycles. The van der Waals surface area contributed by atoms with Crippen LogP contribution in [0.3, 0.4) is 0 Å². The summed E-state index contributed by atoms with van der Waals surface area (Å²) in [6, 6.07) is 21.8. The van der Waals surface area contributed by atoms with Crippen LogP contribution in [0.25, 0.3) is 23.3 Å². The number of fused-ring (bicyclic) bond motifs is 1. The van der Waals surface area contributed by atoms with Crippen molar-refractivity contribution in [1.82, 2.24) is 18.7 Å². The van der Waals surface area contributed by atoms with Crippen molar-refractivity contribution in [1.29, 1.82) is 0 Å². The highest BCUT2D eigenvalue weighted by molar-refractivity contribution is 5.93. The summed E-state index contributed by atoms with van der Waals surface area (Å²) in [5, 5.41) is 0. The average Bonchev–Trinajstić information content (AvgIpc) is 3.37.